The van der Waals surface area contributed by atoms with Crippen molar-refractivity contribution in [1.82, 2.24) is 14.7 Å². The maximum atomic E-state index is 12.0. The van der Waals surface area contributed by atoms with Gasteiger partial charge in [0.2, 0.25) is 0 Å². The van der Waals surface area contributed by atoms with Crippen LogP contribution >= 0.6 is 0 Å². The number of aliphatic hydroxyl groups excluding tert-OH is 1. The minimum absolute atomic E-state index is 0.159. The number of rotatable bonds is 4. The number of hydrogen-bond acceptors (Lipinski definition) is 3. The molecular formula is C12H21N3O2. The van der Waals surface area contributed by atoms with Gasteiger partial charge in [0.1, 0.15) is 0 Å². The van der Waals surface area contributed by atoms with Crippen LogP contribution in [-0.4, -0.2) is 45.4 Å². The minimum Gasteiger partial charge on any atom is -0.392 e. The summed E-state index contributed by atoms with van der Waals surface area (Å²) in [6.45, 7) is 6.09. The van der Waals surface area contributed by atoms with Crippen molar-refractivity contribution in [3.05, 3.63) is 17.5 Å². The maximum absolute atomic E-state index is 12.0. The highest BCUT2D eigenvalue weighted by atomic mass is 16.3. The molecule has 0 aliphatic heterocycles. The Morgan fingerprint density at radius 1 is 1.53 bits per heavy atom. The van der Waals surface area contributed by atoms with Crippen LogP contribution in [-0.2, 0) is 7.05 Å². The summed E-state index contributed by atoms with van der Waals surface area (Å²) in [5, 5.41) is 13.5. The molecule has 1 rings (SSSR count). The van der Waals surface area contributed by atoms with E-state index in [1.165, 1.54) is 4.90 Å². The molecule has 1 aromatic heterocycles. The molecule has 1 atom stereocenters. The number of likely N-dealkylation sites (N-methyl/N-ethyl adjacent to an activating group) is 1. The fourth-order valence-corrected chi connectivity index (χ4v) is 1.80. The standard InChI is InChI=1S/C12H21N3O2/c1-8(2)11-6-10(13-15(11)5)12(17)14(4)7-9(3)16/h6,8-9,16H,7H2,1-5H3. The first-order valence-electron chi connectivity index (χ1n) is 5.80. The van der Waals surface area contributed by atoms with Crippen LogP contribution < -0.4 is 0 Å². The van der Waals surface area contributed by atoms with Crippen LogP contribution in [0.4, 0.5) is 0 Å². The molecule has 0 radical (unpaired) electrons. The highest BCUT2D eigenvalue weighted by Gasteiger charge is 2.18. The van der Waals surface area contributed by atoms with E-state index < -0.39 is 6.10 Å². The van der Waals surface area contributed by atoms with Crippen LogP contribution in [0.25, 0.3) is 0 Å². The first-order valence-corrected chi connectivity index (χ1v) is 5.80. The Balaban J connectivity index is 2.86. The molecule has 1 heterocycles. The van der Waals surface area contributed by atoms with E-state index in [2.05, 4.69) is 18.9 Å². The zero-order valence-corrected chi connectivity index (χ0v) is 11.1. The van der Waals surface area contributed by atoms with Crippen molar-refractivity contribution in [2.24, 2.45) is 7.05 Å². The summed E-state index contributed by atoms with van der Waals surface area (Å²) < 4.78 is 1.73. The number of carbonyl (C=O) groups excluding carboxylic acids is 1. The summed E-state index contributed by atoms with van der Waals surface area (Å²) in [7, 11) is 3.50. The number of aromatic nitrogens is 2. The average molecular weight is 239 g/mol. The molecule has 0 saturated carbocycles. The molecule has 5 nitrogen and oxygen atoms in total. The van der Waals surface area contributed by atoms with Gasteiger partial charge in [0.15, 0.2) is 5.69 Å². The Morgan fingerprint density at radius 2 is 2.12 bits per heavy atom. The Hall–Kier alpha value is -1.36. The molecule has 96 valence electrons. The molecule has 1 N–H and O–H groups in total. The van der Waals surface area contributed by atoms with Crippen LogP contribution in [0.2, 0.25) is 0 Å². The lowest BCUT2D eigenvalue weighted by Gasteiger charge is -2.17. The van der Waals surface area contributed by atoms with Crippen LogP contribution in [0.1, 0.15) is 42.9 Å². The van der Waals surface area contributed by atoms with Crippen LogP contribution in [0.15, 0.2) is 6.07 Å². The summed E-state index contributed by atoms with van der Waals surface area (Å²) >= 11 is 0. The highest BCUT2D eigenvalue weighted by molar-refractivity contribution is 5.92. The number of aliphatic hydroxyl groups is 1. The first-order chi connectivity index (χ1) is 7.82. The second-order valence-corrected chi connectivity index (χ2v) is 4.77. The zero-order valence-electron chi connectivity index (χ0n) is 11.1. The topological polar surface area (TPSA) is 58.4 Å². The van der Waals surface area contributed by atoms with Gasteiger partial charge in [-0.1, -0.05) is 13.8 Å². The summed E-state index contributed by atoms with van der Waals surface area (Å²) in [4.78, 5) is 13.5. The van der Waals surface area contributed by atoms with Gasteiger partial charge in [0, 0.05) is 26.3 Å². The largest absolute Gasteiger partial charge is 0.392 e. The number of nitrogens with zero attached hydrogens (tertiary/aromatic N) is 3. The zero-order chi connectivity index (χ0) is 13.2. The van der Waals surface area contributed by atoms with Crippen molar-refractivity contribution in [1.29, 1.82) is 0 Å². The van der Waals surface area contributed by atoms with Crippen LogP contribution in [0.3, 0.4) is 0 Å². The molecule has 0 fully saturated rings. The van der Waals surface area contributed by atoms with E-state index in [0.717, 1.165) is 5.69 Å². The van der Waals surface area contributed by atoms with E-state index in [1.54, 1.807) is 18.7 Å². The van der Waals surface area contributed by atoms with Crippen LogP contribution in [0, 0.1) is 0 Å². The Morgan fingerprint density at radius 3 is 2.53 bits per heavy atom. The predicted molar refractivity (Wildman–Crippen MR) is 65.9 cm³/mol. The summed E-state index contributed by atoms with van der Waals surface area (Å²) in [6, 6.07) is 1.81. The third kappa shape index (κ3) is 3.30. The fraction of sp³-hybridized carbons (Fsp3) is 0.667. The van der Waals surface area contributed by atoms with Crippen molar-refractivity contribution in [3.8, 4) is 0 Å². The Bertz CT molecular complexity index is 396. The van der Waals surface area contributed by atoms with Gasteiger partial charge in [-0.2, -0.15) is 5.10 Å². The smallest absolute Gasteiger partial charge is 0.274 e. The number of carbonyl (C=O) groups is 1. The van der Waals surface area contributed by atoms with Gasteiger partial charge in [-0.15, -0.1) is 0 Å². The van der Waals surface area contributed by atoms with Gasteiger partial charge in [-0.25, -0.2) is 0 Å². The quantitative estimate of drug-likeness (QED) is 0.852. The number of amides is 1. The van der Waals surface area contributed by atoms with Gasteiger partial charge >= 0.3 is 0 Å². The van der Waals surface area contributed by atoms with E-state index >= 15 is 0 Å². The SMILES string of the molecule is CC(O)CN(C)C(=O)c1cc(C(C)C)n(C)n1. The fourth-order valence-electron chi connectivity index (χ4n) is 1.80. The van der Waals surface area contributed by atoms with Gasteiger partial charge in [-0.3, -0.25) is 9.48 Å². The molecule has 0 aliphatic carbocycles. The molecule has 1 unspecified atom stereocenters. The molecule has 0 aromatic carbocycles. The van der Waals surface area contributed by atoms with Gasteiger partial charge in [-0.05, 0) is 18.9 Å². The maximum Gasteiger partial charge on any atom is 0.274 e. The lowest BCUT2D eigenvalue weighted by molar-refractivity contribution is 0.0697. The molecule has 0 spiro atoms. The highest BCUT2D eigenvalue weighted by Crippen LogP contribution is 2.15. The second kappa shape index (κ2) is 5.31. The average Bonchev–Trinajstić information content (AvgIpc) is 2.58. The monoisotopic (exact) mass is 239 g/mol. The molecule has 0 aliphatic rings. The number of hydrogen-bond donors (Lipinski definition) is 1. The third-order valence-electron chi connectivity index (χ3n) is 2.61. The van der Waals surface area contributed by atoms with E-state index in [4.69, 9.17) is 0 Å². The van der Waals surface area contributed by atoms with Crippen LogP contribution in [0.5, 0.6) is 0 Å². The van der Waals surface area contributed by atoms with E-state index in [9.17, 15) is 9.90 Å². The molecule has 1 aromatic rings. The lowest BCUT2D eigenvalue weighted by atomic mass is 10.1. The summed E-state index contributed by atoms with van der Waals surface area (Å²) in [6.07, 6.45) is -0.530. The first kappa shape index (κ1) is 13.7. The van der Waals surface area contributed by atoms with Gasteiger partial charge in [0.05, 0.1) is 6.10 Å². The Labute approximate surface area is 102 Å². The van der Waals surface area contributed by atoms with Gasteiger partial charge < -0.3 is 10.0 Å². The summed E-state index contributed by atoms with van der Waals surface area (Å²) in [5.41, 5.74) is 1.46. The molecule has 0 bridgehead atoms. The summed E-state index contributed by atoms with van der Waals surface area (Å²) in [5.74, 6) is 0.171. The molecule has 0 saturated heterocycles. The van der Waals surface area contributed by atoms with E-state index in [1.807, 2.05) is 13.1 Å². The molecule has 17 heavy (non-hydrogen) atoms. The lowest BCUT2D eigenvalue weighted by Crippen LogP contribution is -2.33. The predicted octanol–water partition coefficient (Wildman–Crippen LogP) is 0.996. The normalized spacial score (nSPS) is 12.9. The van der Waals surface area contributed by atoms with E-state index in [0.29, 0.717) is 18.2 Å². The van der Waals surface area contributed by atoms with Crippen molar-refractivity contribution in [2.75, 3.05) is 13.6 Å². The van der Waals surface area contributed by atoms with Crippen molar-refractivity contribution < 1.29 is 9.90 Å². The van der Waals surface area contributed by atoms with Crippen molar-refractivity contribution in [2.45, 2.75) is 32.8 Å². The third-order valence-corrected chi connectivity index (χ3v) is 2.61. The van der Waals surface area contributed by atoms with Crippen molar-refractivity contribution >= 4 is 5.91 Å². The minimum atomic E-state index is -0.530. The van der Waals surface area contributed by atoms with Crippen molar-refractivity contribution in [3.63, 3.8) is 0 Å². The number of aryl methyl sites for hydroxylation is 1. The Kier molecular flexibility index (Phi) is 4.28. The van der Waals surface area contributed by atoms with E-state index in [-0.39, 0.29) is 5.91 Å². The molecule has 5 heteroatoms. The molecular weight excluding hydrogens is 218 g/mol. The van der Waals surface area contributed by atoms with Gasteiger partial charge in [0.25, 0.3) is 5.91 Å². The molecule has 1 amide bonds. The second-order valence-electron chi connectivity index (χ2n) is 4.77.